The van der Waals surface area contributed by atoms with Gasteiger partial charge in [-0.3, -0.25) is 4.90 Å². The first-order valence-corrected chi connectivity index (χ1v) is 3.70. The molecule has 1 N–H and O–H groups in total. The van der Waals surface area contributed by atoms with E-state index in [0.29, 0.717) is 0 Å². The topological polar surface area (TPSA) is 59.0 Å². The minimum atomic E-state index is -1.01. The Morgan fingerprint density at radius 1 is 1.67 bits per heavy atom. The third kappa shape index (κ3) is 1.86. The Morgan fingerprint density at radius 3 is 2.58 bits per heavy atom. The monoisotopic (exact) mass is 175 g/mol. The molecule has 0 aliphatic carbocycles. The molecule has 1 saturated heterocycles. The van der Waals surface area contributed by atoms with Crippen molar-refractivity contribution in [1.82, 2.24) is 4.90 Å². The summed E-state index contributed by atoms with van der Waals surface area (Å²) in [5.41, 5.74) is 0. The first-order valence-electron chi connectivity index (χ1n) is 3.70. The standard InChI is InChI=1S/C7H13NO4/c1-7(2)11-4-5(12-7)8(3)6(9)10/h5H,4H2,1-3H3,(H,9,10). The zero-order valence-corrected chi connectivity index (χ0v) is 7.40. The molecule has 1 atom stereocenters. The van der Waals surface area contributed by atoms with Crippen molar-refractivity contribution in [3.63, 3.8) is 0 Å². The summed E-state index contributed by atoms with van der Waals surface area (Å²) in [4.78, 5) is 11.6. The lowest BCUT2D eigenvalue weighted by Gasteiger charge is -2.21. The number of carboxylic acid groups (broad SMARTS) is 1. The normalized spacial score (nSPS) is 27.1. The smallest absolute Gasteiger partial charge is 0.409 e. The van der Waals surface area contributed by atoms with Crippen molar-refractivity contribution >= 4 is 6.09 Å². The van der Waals surface area contributed by atoms with Crippen molar-refractivity contribution in [3.05, 3.63) is 0 Å². The molecule has 70 valence electrons. The molecule has 5 heteroatoms. The highest BCUT2D eigenvalue weighted by Gasteiger charge is 2.36. The SMILES string of the molecule is CN(C(=O)O)C1COC(C)(C)O1. The first kappa shape index (κ1) is 9.28. The highest BCUT2D eigenvalue weighted by molar-refractivity contribution is 5.64. The lowest BCUT2D eigenvalue weighted by Crippen LogP contribution is -2.38. The summed E-state index contributed by atoms with van der Waals surface area (Å²) in [6.45, 7) is 3.79. The van der Waals surface area contributed by atoms with E-state index in [0.717, 1.165) is 4.90 Å². The molecule has 1 unspecified atom stereocenters. The van der Waals surface area contributed by atoms with Crippen LogP contribution in [0.3, 0.4) is 0 Å². The van der Waals surface area contributed by atoms with Crippen LogP contribution < -0.4 is 0 Å². The minimum absolute atomic E-state index is 0.288. The molecule has 5 nitrogen and oxygen atoms in total. The number of rotatable bonds is 1. The zero-order chi connectivity index (χ0) is 9.35. The summed E-state index contributed by atoms with van der Waals surface area (Å²) in [5.74, 6) is -0.672. The van der Waals surface area contributed by atoms with Crippen molar-refractivity contribution in [1.29, 1.82) is 0 Å². The molecule has 1 heterocycles. The molecular weight excluding hydrogens is 162 g/mol. The van der Waals surface area contributed by atoms with Crippen molar-refractivity contribution in [2.75, 3.05) is 13.7 Å². The maximum absolute atomic E-state index is 10.5. The third-order valence-corrected chi connectivity index (χ3v) is 1.73. The summed E-state index contributed by atoms with van der Waals surface area (Å²) in [6.07, 6.45) is -1.50. The Balaban J connectivity index is 2.52. The van der Waals surface area contributed by atoms with Crippen molar-refractivity contribution in [2.24, 2.45) is 0 Å². The second kappa shape index (κ2) is 2.91. The zero-order valence-electron chi connectivity index (χ0n) is 7.40. The van der Waals surface area contributed by atoms with Gasteiger partial charge in [0, 0.05) is 7.05 Å². The molecule has 1 amide bonds. The van der Waals surface area contributed by atoms with Gasteiger partial charge < -0.3 is 14.6 Å². The van der Waals surface area contributed by atoms with E-state index in [1.54, 1.807) is 13.8 Å². The first-order chi connectivity index (χ1) is 5.42. The maximum atomic E-state index is 10.5. The fourth-order valence-corrected chi connectivity index (χ4v) is 0.982. The van der Waals surface area contributed by atoms with Crippen LogP contribution in [-0.4, -0.2) is 41.8 Å². The Hall–Kier alpha value is -0.810. The van der Waals surface area contributed by atoms with Gasteiger partial charge in [-0.15, -0.1) is 0 Å². The van der Waals surface area contributed by atoms with Gasteiger partial charge in [-0.05, 0) is 13.8 Å². The van der Waals surface area contributed by atoms with Crippen molar-refractivity contribution in [2.45, 2.75) is 25.9 Å². The Labute approximate surface area is 70.9 Å². The van der Waals surface area contributed by atoms with Crippen LogP contribution in [0.1, 0.15) is 13.8 Å². The summed E-state index contributed by atoms with van der Waals surface area (Å²) in [5, 5.41) is 8.60. The molecule has 1 aliphatic rings. The Bertz CT molecular complexity index is 192. The van der Waals surface area contributed by atoms with Crippen LogP contribution in [-0.2, 0) is 9.47 Å². The molecule has 1 rings (SSSR count). The number of nitrogens with zero attached hydrogens (tertiary/aromatic N) is 1. The molecular formula is C7H13NO4. The highest BCUT2D eigenvalue weighted by atomic mass is 16.8. The molecule has 1 fully saturated rings. The van der Waals surface area contributed by atoms with E-state index < -0.39 is 18.1 Å². The predicted molar refractivity (Wildman–Crippen MR) is 40.7 cm³/mol. The van der Waals surface area contributed by atoms with Crippen LogP contribution in [0.25, 0.3) is 0 Å². The van der Waals surface area contributed by atoms with Crippen LogP contribution in [0.5, 0.6) is 0 Å². The van der Waals surface area contributed by atoms with E-state index in [2.05, 4.69) is 0 Å². The van der Waals surface area contributed by atoms with Crippen LogP contribution in [0, 0.1) is 0 Å². The lowest BCUT2D eigenvalue weighted by atomic mass is 10.4. The van der Waals surface area contributed by atoms with Gasteiger partial charge >= 0.3 is 6.09 Å². The average Bonchev–Trinajstić information content (AvgIpc) is 2.28. The number of hydrogen-bond donors (Lipinski definition) is 1. The molecule has 0 aromatic heterocycles. The van der Waals surface area contributed by atoms with Gasteiger partial charge in [0.1, 0.15) is 0 Å². The average molecular weight is 175 g/mol. The third-order valence-electron chi connectivity index (χ3n) is 1.73. The summed E-state index contributed by atoms with van der Waals surface area (Å²) < 4.78 is 10.5. The second-order valence-corrected chi connectivity index (χ2v) is 3.18. The predicted octanol–water partition coefficient (Wildman–Crippen LogP) is 0.705. The second-order valence-electron chi connectivity index (χ2n) is 3.18. The Morgan fingerprint density at radius 2 is 2.25 bits per heavy atom. The maximum Gasteiger partial charge on any atom is 0.409 e. The summed E-state index contributed by atoms with van der Waals surface area (Å²) in [6, 6.07) is 0. The van der Waals surface area contributed by atoms with Gasteiger partial charge in [0.2, 0.25) is 0 Å². The quantitative estimate of drug-likeness (QED) is 0.637. The molecule has 12 heavy (non-hydrogen) atoms. The van der Waals surface area contributed by atoms with E-state index in [-0.39, 0.29) is 6.61 Å². The molecule has 0 spiro atoms. The number of ether oxygens (including phenoxy) is 2. The molecule has 0 aromatic rings. The van der Waals surface area contributed by atoms with Crippen LogP contribution in [0.15, 0.2) is 0 Å². The van der Waals surface area contributed by atoms with Gasteiger partial charge in [0.15, 0.2) is 12.0 Å². The summed E-state index contributed by atoms with van der Waals surface area (Å²) in [7, 11) is 1.46. The number of amides is 1. The van der Waals surface area contributed by atoms with E-state index in [1.807, 2.05) is 0 Å². The van der Waals surface area contributed by atoms with Crippen molar-refractivity contribution in [3.8, 4) is 0 Å². The molecule has 1 aliphatic heterocycles. The lowest BCUT2D eigenvalue weighted by molar-refractivity contribution is -0.153. The van der Waals surface area contributed by atoms with Gasteiger partial charge in [-0.25, -0.2) is 4.79 Å². The van der Waals surface area contributed by atoms with E-state index in [4.69, 9.17) is 14.6 Å². The molecule has 0 radical (unpaired) electrons. The number of hydrogen-bond acceptors (Lipinski definition) is 3. The van der Waals surface area contributed by atoms with Crippen molar-refractivity contribution < 1.29 is 19.4 Å². The van der Waals surface area contributed by atoms with Gasteiger partial charge in [-0.1, -0.05) is 0 Å². The summed E-state index contributed by atoms with van der Waals surface area (Å²) >= 11 is 0. The van der Waals surface area contributed by atoms with E-state index in [9.17, 15) is 4.79 Å². The van der Waals surface area contributed by atoms with E-state index in [1.165, 1.54) is 7.05 Å². The fraction of sp³-hybridized carbons (Fsp3) is 0.857. The molecule has 0 aromatic carbocycles. The van der Waals surface area contributed by atoms with Gasteiger partial charge in [0.05, 0.1) is 6.61 Å². The van der Waals surface area contributed by atoms with Gasteiger partial charge in [-0.2, -0.15) is 0 Å². The number of likely N-dealkylation sites (N-methyl/N-ethyl adjacent to an activating group) is 1. The van der Waals surface area contributed by atoms with Gasteiger partial charge in [0.25, 0.3) is 0 Å². The van der Waals surface area contributed by atoms with Crippen LogP contribution in [0.4, 0.5) is 4.79 Å². The highest BCUT2D eigenvalue weighted by Crippen LogP contribution is 2.23. The fourth-order valence-electron chi connectivity index (χ4n) is 0.982. The number of carbonyl (C=O) groups is 1. The minimum Gasteiger partial charge on any atom is -0.465 e. The largest absolute Gasteiger partial charge is 0.465 e. The Kier molecular flexibility index (Phi) is 2.25. The molecule has 0 saturated carbocycles. The van der Waals surface area contributed by atoms with E-state index >= 15 is 0 Å². The van der Waals surface area contributed by atoms with Crippen LogP contribution >= 0.6 is 0 Å². The van der Waals surface area contributed by atoms with Crippen LogP contribution in [0.2, 0.25) is 0 Å². The molecule has 0 bridgehead atoms.